The van der Waals surface area contributed by atoms with E-state index < -0.39 is 24.1 Å². The molecule has 0 radical (unpaired) electrons. The second-order valence-corrected chi connectivity index (χ2v) is 2.56. The Morgan fingerprint density at radius 3 is 2.21 bits per heavy atom. The Morgan fingerprint density at radius 2 is 1.79 bits per heavy atom. The number of nitrogens with zero attached hydrogens (tertiary/aromatic N) is 2. The summed E-state index contributed by atoms with van der Waals surface area (Å²) in [5.41, 5.74) is -1.05. The van der Waals surface area contributed by atoms with Crippen LogP contribution in [0.5, 0.6) is 0 Å². The minimum Gasteiger partial charge on any atom is -0.230 e. The van der Waals surface area contributed by atoms with Crippen molar-refractivity contribution < 1.29 is 22.0 Å². The van der Waals surface area contributed by atoms with Crippen LogP contribution in [0.2, 0.25) is 0 Å². The molecule has 0 aromatic carbocycles. The van der Waals surface area contributed by atoms with Crippen LogP contribution in [0.15, 0.2) is 6.07 Å². The molecule has 78 valence electrons. The summed E-state index contributed by atoms with van der Waals surface area (Å²) in [7, 11) is 0. The second-order valence-electron chi connectivity index (χ2n) is 2.56. The average molecular weight is 212 g/mol. The molecule has 0 N–H and O–H groups in total. The van der Waals surface area contributed by atoms with E-state index in [4.69, 9.17) is 0 Å². The van der Waals surface area contributed by atoms with E-state index >= 15 is 0 Å². The summed E-state index contributed by atoms with van der Waals surface area (Å²) in [5, 5.41) is 0. The van der Waals surface area contributed by atoms with Crippen molar-refractivity contribution in [3.05, 3.63) is 23.3 Å². The van der Waals surface area contributed by atoms with Gasteiger partial charge in [-0.3, -0.25) is 0 Å². The van der Waals surface area contributed by atoms with Crippen LogP contribution in [0, 0.1) is 6.92 Å². The Kier molecular flexibility index (Phi) is 2.68. The predicted octanol–water partition coefficient (Wildman–Crippen LogP) is 2.74. The van der Waals surface area contributed by atoms with E-state index in [-0.39, 0.29) is 5.69 Å². The average Bonchev–Trinajstić information content (AvgIpc) is 2.01. The first kappa shape index (κ1) is 10.8. The summed E-state index contributed by atoms with van der Waals surface area (Å²) in [6.45, 7) is 1.20. The SMILES string of the molecule is Cc1cc(C(F)F)nc(C(F)(F)F)n1. The third-order valence-corrected chi connectivity index (χ3v) is 1.35. The zero-order chi connectivity index (χ0) is 10.9. The maximum Gasteiger partial charge on any atom is 0.451 e. The molecule has 0 amide bonds. The molecule has 0 saturated heterocycles. The van der Waals surface area contributed by atoms with Gasteiger partial charge < -0.3 is 0 Å². The number of alkyl halides is 5. The molecule has 0 unspecified atom stereocenters. The van der Waals surface area contributed by atoms with Crippen LogP contribution in [0.3, 0.4) is 0 Å². The number of halogens is 5. The summed E-state index contributed by atoms with van der Waals surface area (Å²) >= 11 is 0. The minimum atomic E-state index is -4.80. The number of aromatic nitrogens is 2. The van der Waals surface area contributed by atoms with Crippen LogP contribution in [0.1, 0.15) is 23.6 Å². The summed E-state index contributed by atoms with van der Waals surface area (Å²) in [4.78, 5) is 5.74. The number of hydrogen-bond donors (Lipinski definition) is 0. The molecule has 0 aliphatic heterocycles. The van der Waals surface area contributed by atoms with Gasteiger partial charge in [0.2, 0.25) is 5.82 Å². The highest BCUT2D eigenvalue weighted by atomic mass is 19.4. The van der Waals surface area contributed by atoms with E-state index in [1.54, 1.807) is 0 Å². The molecular formula is C7H5F5N2. The van der Waals surface area contributed by atoms with Gasteiger partial charge in [-0.2, -0.15) is 13.2 Å². The van der Waals surface area contributed by atoms with Gasteiger partial charge in [0.05, 0.1) is 0 Å². The largest absolute Gasteiger partial charge is 0.451 e. The second kappa shape index (κ2) is 3.47. The van der Waals surface area contributed by atoms with Crippen molar-refractivity contribution in [2.75, 3.05) is 0 Å². The van der Waals surface area contributed by atoms with Gasteiger partial charge in [0.15, 0.2) is 0 Å². The maximum absolute atomic E-state index is 12.1. The van der Waals surface area contributed by atoms with Gasteiger partial charge in [-0.1, -0.05) is 0 Å². The molecule has 14 heavy (non-hydrogen) atoms. The summed E-state index contributed by atoms with van der Waals surface area (Å²) < 4.78 is 60.2. The van der Waals surface area contributed by atoms with Crippen molar-refractivity contribution in [1.29, 1.82) is 0 Å². The van der Waals surface area contributed by atoms with Crippen molar-refractivity contribution in [3.63, 3.8) is 0 Å². The quantitative estimate of drug-likeness (QED) is 0.669. The van der Waals surface area contributed by atoms with E-state index in [2.05, 4.69) is 9.97 Å². The third kappa shape index (κ3) is 2.36. The standard InChI is InChI=1S/C7H5F5N2/c1-3-2-4(5(8)9)14-6(13-3)7(10,11)12/h2,5H,1H3. The Hall–Kier alpha value is -1.27. The van der Waals surface area contributed by atoms with Gasteiger partial charge in [-0.05, 0) is 13.0 Å². The van der Waals surface area contributed by atoms with Crippen LogP contribution in [0.25, 0.3) is 0 Å². The monoisotopic (exact) mass is 212 g/mol. The van der Waals surface area contributed by atoms with E-state index in [1.165, 1.54) is 6.92 Å². The third-order valence-electron chi connectivity index (χ3n) is 1.35. The summed E-state index contributed by atoms with van der Waals surface area (Å²) in [5.74, 6) is -1.53. The van der Waals surface area contributed by atoms with Gasteiger partial charge >= 0.3 is 6.18 Å². The Balaban J connectivity index is 3.21. The Bertz CT molecular complexity index is 333. The van der Waals surface area contributed by atoms with Crippen LogP contribution in [0.4, 0.5) is 22.0 Å². The summed E-state index contributed by atoms with van der Waals surface area (Å²) in [6, 6.07) is 0.819. The van der Waals surface area contributed by atoms with E-state index in [9.17, 15) is 22.0 Å². The van der Waals surface area contributed by atoms with Gasteiger partial charge in [-0.25, -0.2) is 18.7 Å². The summed E-state index contributed by atoms with van der Waals surface area (Å²) in [6.07, 6.45) is -7.83. The topological polar surface area (TPSA) is 25.8 Å². The number of rotatable bonds is 1. The van der Waals surface area contributed by atoms with E-state index in [1.807, 2.05) is 0 Å². The molecule has 0 bridgehead atoms. The van der Waals surface area contributed by atoms with Gasteiger partial charge in [0.25, 0.3) is 6.43 Å². The number of hydrogen-bond acceptors (Lipinski definition) is 2. The molecule has 0 aliphatic rings. The highest BCUT2D eigenvalue weighted by molar-refractivity contribution is 5.12. The highest BCUT2D eigenvalue weighted by Crippen LogP contribution is 2.28. The number of aryl methyl sites for hydroxylation is 1. The van der Waals surface area contributed by atoms with Crippen molar-refractivity contribution in [2.24, 2.45) is 0 Å². The first-order valence-corrected chi connectivity index (χ1v) is 3.51. The van der Waals surface area contributed by atoms with Crippen LogP contribution in [-0.4, -0.2) is 9.97 Å². The van der Waals surface area contributed by atoms with Crippen molar-refractivity contribution in [2.45, 2.75) is 19.5 Å². The lowest BCUT2D eigenvalue weighted by molar-refractivity contribution is -0.145. The molecular weight excluding hydrogens is 207 g/mol. The molecule has 7 heteroatoms. The van der Waals surface area contributed by atoms with Crippen LogP contribution < -0.4 is 0 Å². The smallest absolute Gasteiger partial charge is 0.230 e. The molecule has 1 aromatic rings. The van der Waals surface area contributed by atoms with Crippen LogP contribution >= 0.6 is 0 Å². The maximum atomic E-state index is 12.1. The van der Waals surface area contributed by atoms with Gasteiger partial charge in [0.1, 0.15) is 5.69 Å². The lowest BCUT2D eigenvalue weighted by Gasteiger charge is -2.07. The molecule has 1 aromatic heterocycles. The molecule has 2 nitrogen and oxygen atoms in total. The molecule has 1 rings (SSSR count). The van der Waals surface area contributed by atoms with Gasteiger partial charge in [-0.15, -0.1) is 0 Å². The van der Waals surface area contributed by atoms with Crippen molar-refractivity contribution in [1.82, 2.24) is 9.97 Å². The Morgan fingerprint density at radius 1 is 1.21 bits per heavy atom. The first-order valence-electron chi connectivity index (χ1n) is 3.51. The van der Waals surface area contributed by atoms with Crippen LogP contribution in [-0.2, 0) is 6.18 Å². The predicted molar refractivity (Wildman–Crippen MR) is 36.7 cm³/mol. The fourth-order valence-corrected chi connectivity index (χ4v) is 0.831. The lowest BCUT2D eigenvalue weighted by Crippen LogP contribution is -2.13. The Labute approximate surface area is 75.8 Å². The molecule has 0 spiro atoms. The zero-order valence-corrected chi connectivity index (χ0v) is 6.94. The van der Waals surface area contributed by atoms with Crippen molar-refractivity contribution >= 4 is 0 Å². The first-order chi connectivity index (χ1) is 6.30. The van der Waals surface area contributed by atoms with Gasteiger partial charge in [0, 0.05) is 5.69 Å². The minimum absolute atomic E-state index is 0.136. The zero-order valence-electron chi connectivity index (χ0n) is 6.94. The fraction of sp³-hybridized carbons (Fsp3) is 0.429. The highest BCUT2D eigenvalue weighted by Gasteiger charge is 2.35. The molecule has 0 aliphatic carbocycles. The lowest BCUT2D eigenvalue weighted by atomic mass is 10.3. The fourth-order valence-electron chi connectivity index (χ4n) is 0.831. The van der Waals surface area contributed by atoms with Crippen molar-refractivity contribution in [3.8, 4) is 0 Å². The normalized spacial score (nSPS) is 12.2. The van der Waals surface area contributed by atoms with E-state index in [0.717, 1.165) is 6.07 Å². The molecule has 0 saturated carbocycles. The molecule has 1 heterocycles. The van der Waals surface area contributed by atoms with E-state index in [0.29, 0.717) is 0 Å². The molecule has 0 fully saturated rings. The molecule has 0 atom stereocenters.